The van der Waals surface area contributed by atoms with Crippen molar-refractivity contribution in [3.8, 4) is 0 Å². The monoisotopic (exact) mass is 310 g/mol. The van der Waals surface area contributed by atoms with Gasteiger partial charge in [-0.05, 0) is 6.92 Å². The lowest BCUT2D eigenvalue weighted by Crippen LogP contribution is -2.52. The zero-order valence-electron chi connectivity index (χ0n) is 11.0. The Balaban J connectivity index is 2.45. The molecule has 0 aliphatic carbocycles. The van der Waals surface area contributed by atoms with Crippen LogP contribution < -0.4 is 10.8 Å². The first-order chi connectivity index (χ1) is 9.77. The van der Waals surface area contributed by atoms with Gasteiger partial charge in [-0.25, -0.2) is 19.9 Å². The van der Waals surface area contributed by atoms with Gasteiger partial charge in [-0.2, -0.15) is 0 Å². The minimum atomic E-state index is -1.56. The summed E-state index contributed by atoms with van der Waals surface area (Å²) in [4.78, 5) is 26.8. The Morgan fingerprint density at radius 3 is 2.38 bits per heavy atom. The number of ether oxygens (including phenoxy) is 1. The second-order valence-corrected chi connectivity index (χ2v) is 4.46. The normalized spacial score (nSPS) is 31.5. The molecule has 1 rings (SSSR count). The average Bonchev–Trinajstić information content (AvgIpc) is 2.69. The van der Waals surface area contributed by atoms with Gasteiger partial charge in [0.05, 0.1) is 12.7 Å². The van der Waals surface area contributed by atoms with Crippen molar-refractivity contribution in [2.24, 2.45) is 0 Å². The van der Waals surface area contributed by atoms with Crippen LogP contribution in [0.25, 0.3) is 0 Å². The van der Waals surface area contributed by atoms with Gasteiger partial charge in [0.1, 0.15) is 18.3 Å². The van der Waals surface area contributed by atoms with Crippen molar-refractivity contribution < 1.29 is 44.7 Å². The quantitative estimate of drug-likeness (QED) is 0.245. The molecule has 11 heteroatoms. The summed E-state index contributed by atoms with van der Waals surface area (Å²) in [5.41, 5.74) is 1.76. The molecule has 6 atom stereocenters. The van der Waals surface area contributed by atoms with Gasteiger partial charge >= 0.3 is 12.0 Å². The Hall–Kier alpha value is -1.50. The van der Waals surface area contributed by atoms with Crippen LogP contribution in [0, 0.1) is 0 Å². The van der Waals surface area contributed by atoms with Crippen LogP contribution >= 0.6 is 0 Å². The summed E-state index contributed by atoms with van der Waals surface area (Å²) < 4.78 is 4.90. The highest BCUT2D eigenvalue weighted by Crippen LogP contribution is 2.21. The highest BCUT2D eigenvalue weighted by atomic mass is 16.8. The summed E-state index contributed by atoms with van der Waals surface area (Å²) in [5, 5.41) is 47.6. The van der Waals surface area contributed by atoms with E-state index in [1.54, 1.807) is 5.48 Å². The van der Waals surface area contributed by atoms with Crippen molar-refractivity contribution in [1.82, 2.24) is 10.8 Å². The summed E-state index contributed by atoms with van der Waals surface area (Å²) in [6, 6.07) is -2.65. The number of aliphatic carboxylic acids is 1. The smallest absolute Gasteiger partial charge is 0.339 e. The highest BCUT2D eigenvalue weighted by molar-refractivity contribution is 5.82. The molecular formula is C10H18N2O9. The van der Waals surface area contributed by atoms with Crippen LogP contribution in [-0.4, -0.2) is 80.9 Å². The molecule has 1 aliphatic rings. The van der Waals surface area contributed by atoms with Crippen molar-refractivity contribution in [2.45, 2.75) is 43.7 Å². The van der Waals surface area contributed by atoms with Gasteiger partial charge in [-0.1, -0.05) is 0 Å². The summed E-state index contributed by atoms with van der Waals surface area (Å²) in [7, 11) is 0. The number of carbonyl (C=O) groups is 2. The Morgan fingerprint density at radius 1 is 1.33 bits per heavy atom. The lowest BCUT2D eigenvalue weighted by atomic mass is 10.1. The number of rotatable bonds is 6. The predicted octanol–water partition coefficient (Wildman–Crippen LogP) is -3.51. The minimum absolute atomic E-state index is 0.562. The fraction of sp³-hybridized carbons (Fsp3) is 0.800. The summed E-state index contributed by atoms with van der Waals surface area (Å²) in [6.07, 6.45) is -6.75. The minimum Gasteiger partial charge on any atom is -0.480 e. The number of hydroxylamine groups is 1. The molecule has 122 valence electrons. The van der Waals surface area contributed by atoms with Crippen LogP contribution in [0.15, 0.2) is 0 Å². The third kappa shape index (κ3) is 4.49. The molecule has 2 unspecified atom stereocenters. The first-order valence-corrected chi connectivity index (χ1v) is 6.03. The standard InChI is InChI=1S/C10H18N2O9/c1-3(14)5(8(17)18)11-10(19)12-21-9-7(16)6(15)4(2-13)20-9/h3-7,9,13-16H,2H2,1H3,(H,17,18)(H2,11,12,19)/t3?,4-,5?,6-,7-,9+/m1/s1. The third-order valence-electron chi connectivity index (χ3n) is 2.80. The summed E-state index contributed by atoms with van der Waals surface area (Å²) >= 11 is 0. The van der Waals surface area contributed by atoms with Crippen LogP contribution in [0.5, 0.6) is 0 Å². The largest absolute Gasteiger partial charge is 0.480 e. The Morgan fingerprint density at radius 2 is 1.95 bits per heavy atom. The first-order valence-electron chi connectivity index (χ1n) is 6.03. The van der Waals surface area contributed by atoms with Crippen LogP contribution in [0.1, 0.15) is 6.92 Å². The van der Waals surface area contributed by atoms with Crippen LogP contribution in [0.2, 0.25) is 0 Å². The Bertz CT molecular complexity index is 378. The van der Waals surface area contributed by atoms with Gasteiger partial charge in [-0.3, -0.25) is 0 Å². The number of carbonyl (C=O) groups excluding carboxylic acids is 1. The molecule has 1 fully saturated rings. The molecule has 0 bridgehead atoms. The number of hydrogen-bond acceptors (Lipinski definition) is 8. The molecule has 21 heavy (non-hydrogen) atoms. The molecule has 1 heterocycles. The maximum Gasteiger partial charge on any atom is 0.339 e. The number of hydrogen-bond donors (Lipinski definition) is 7. The molecule has 0 radical (unpaired) electrons. The van der Waals surface area contributed by atoms with E-state index in [-0.39, 0.29) is 0 Å². The van der Waals surface area contributed by atoms with Crippen molar-refractivity contribution >= 4 is 12.0 Å². The number of nitrogens with one attached hydrogen (secondary N) is 2. The van der Waals surface area contributed by atoms with E-state index in [4.69, 9.17) is 20.1 Å². The fourth-order valence-corrected chi connectivity index (χ4v) is 1.63. The lowest BCUT2D eigenvalue weighted by Gasteiger charge is -2.19. The number of amides is 2. The summed E-state index contributed by atoms with van der Waals surface area (Å²) in [6.45, 7) is 0.610. The van der Waals surface area contributed by atoms with Gasteiger partial charge in [0.2, 0.25) is 6.29 Å². The van der Waals surface area contributed by atoms with E-state index in [9.17, 15) is 19.8 Å². The van der Waals surface area contributed by atoms with E-state index in [1.165, 1.54) is 6.92 Å². The Labute approximate surface area is 119 Å². The molecule has 1 saturated heterocycles. The summed E-state index contributed by atoms with van der Waals surface area (Å²) in [5.74, 6) is -1.45. The molecule has 0 aromatic heterocycles. The molecule has 11 nitrogen and oxygen atoms in total. The van der Waals surface area contributed by atoms with Crippen molar-refractivity contribution in [3.63, 3.8) is 0 Å². The number of aliphatic hydroxyl groups is 4. The molecule has 7 N–H and O–H groups in total. The molecule has 2 amide bonds. The van der Waals surface area contributed by atoms with E-state index in [0.29, 0.717) is 0 Å². The topological polar surface area (TPSA) is 178 Å². The SMILES string of the molecule is CC(O)C(NC(=O)NO[C@@H]1O[C@H](CO)[C@@H](O)[C@H]1O)C(=O)O. The van der Waals surface area contributed by atoms with Crippen molar-refractivity contribution in [2.75, 3.05) is 6.61 Å². The van der Waals surface area contributed by atoms with E-state index in [0.717, 1.165) is 0 Å². The molecule has 0 aromatic rings. The predicted molar refractivity (Wildman–Crippen MR) is 63.6 cm³/mol. The zero-order chi connectivity index (χ0) is 16.2. The second kappa shape index (κ2) is 7.49. The van der Waals surface area contributed by atoms with Gasteiger partial charge in [0, 0.05) is 0 Å². The van der Waals surface area contributed by atoms with Crippen LogP contribution in [0.4, 0.5) is 4.79 Å². The zero-order valence-corrected chi connectivity index (χ0v) is 11.0. The highest BCUT2D eigenvalue weighted by Gasteiger charge is 2.43. The Kier molecular flexibility index (Phi) is 6.26. The lowest BCUT2D eigenvalue weighted by molar-refractivity contribution is -0.192. The maximum absolute atomic E-state index is 11.4. The molecular weight excluding hydrogens is 292 g/mol. The van der Waals surface area contributed by atoms with Gasteiger partial charge in [0.15, 0.2) is 6.04 Å². The van der Waals surface area contributed by atoms with Gasteiger partial charge < -0.3 is 35.6 Å². The second-order valence-electron chi connectivity index (χ2n) is 4.46. The molecule has 0 aromatic carbocycles. The van der Waals surface area contributed by atoms with Crippen molar-refractivity contribution in [1.29, 1.82) is 0 Å². The molecule has 1 aliphatic heterocycles. The number of aliphatic hydroxyl groups excluding tert-OH is 4. The molecule has 0 saturated carbocycles. The number of carboxylic acids is 1. The number of carboxylic acid groups (broad SMARTS) is 1. The average molecular weight is 310 g/mol. The van der Waals surface area contributed by atoms with Gasteiger partial charge in [-0.15, -0.1) is 0 Å². The fourth-order valence-electron chi connectivity index (χ4n) is 1.63. The molecule has 0 spiro atoms. The van der Waals surface area contributed by atoms with E-state index in [1.807, 2.05) is 5.32 Å². The van der Waals surface area contributed by atoms with Gasteiger partial charge in [0.25, 0.3) is 0 Å². The van der Waals surface area contributed by atoms with Crippen LogP contribution in [0.3, 0.4) is 0 Å². The first kappa shape index (κ1) is 17.6. The van der Waals surface area contributed by atoms with E-state index in [2.05, 4.69) is 4.84 Å². The van der Waals surface area contributed by atoms with E-state index >= 15 is 0 Å². The third-order valence-corrected chi connectivity index (χ3v) is 2.80. The van der Waals surface area contributed by atoms with Crippen LogP contribution in [-0.2, 0) is 14.4 Å². The van der Waals surface area contributed by atoms with Crippen molar-refractivity contribution in [3.05, 3.63) is 0 Å². The maximum atomic E-state index is 11.4. The van der Waals surface area contributed by atoms with E-state index < -0.39 is 55.4 Å². The number of urea groups is 1.